The van der Waals surface area contributed by atoms with Crippen molar-refractivity contribution >= 4 is 10.8 Å². The number of halogens is 1. The van der Waals surface area contributed by atoms with Gasteiger partial charge in [-0.15, -0.1) is 12.3 Å². The van der Waals surface area contributed by atoms with E-state index in [1.165, 1.54) is 6.07 Å². The van der Waals surface area contributed by atoms with Crippen LogP contribution < -0.4 is 0 Å². The Morgan fingerprint density at radius 2 is 1.79 bits per heavy atom. The fourth-order valence-corrected chi connectivity index (χ4v) is 1.62. The third kappa shape index (κ3) is 5.09. The Morgan fingerprint density at radius 3 is 2.32 bits per heavy atom. The van der Waals surface area contributed by atoms with Crippen molar-refractivity contribution in [2.75, 3.05) is 0 Å². The van der Waals surface area contributed by atoms with Crippen LogP contribution in [0.2, 0.25) is 0 Å². The van der Waals surface area contributed by atoms with Gasteiger partial charge in [-0.2, -0.15) is 0 Å². The van der Waals surface area contributed by atoms with E-state index >= 15 is 0 Å². The van der Waals surface area contributed by atoms with Crippen molar-refractivity contribution in [2.24, 2.45) is 0 Å². The van der Waals surface area contributed by atoms with Gasteiger partial charge in [0.05, 0.1) is 0 Å². The molecule has 2 rings (SSSR count). The zero-order valence-corrected chi connectivity index (χ0v) is 12.4. The first-order valence-electron chi connectivity index (χ1n) is 6.50. The van der Waals surface area contributed by atoms with Crippen molar-refractivity contribution in [3.05, 3.63) is 42.0 Å². The van der Waals surface area contributed by atoms with Crippen molar-refractivity contribution in [1.29, 1.82) is 0 Å². The first-order valence-corrected chi connectivity index (χ1v) is 6.50. The average molecular weight is 259 g/mol. The molecule has 0 N–H and O–H groups in total. The van der Waals surface area contributed by atoms with Crippen molar-refractivity contribution in [2.45, 2.75) is 40.5 Å². The maximum Gasteiger partial charge on any atom is 0.123 e. The topological polar surface area (TPSA) is 12.9 Å². The molecule has 0 aliphatic heterocycles. The van der Waals surface area contributed by atoms with Crippen LogP contribution in [0.25, 0.3) is 10.8 Å². The summed E-state index contributed by atoms with van der Waals surface area (Å²) in [5.74, 6) is 2.43. The molecule has 1 nitrogen and oxygen atoms in total. The van der Waals surface area contributed by atoms with Crippen LogP contribution in [0, 0.1) is 18.2 Å². The van der Waals surface area contributed by atoms with E-state index in [1.54, 1.807) is 25.3 Å². The number of benzene rings is 1. The zero-order valence-electron chi connectivity index (χ0n) is 12.4. The number of pyridine rings is 1. The molecule has 0 atom stereocenters. The lowest BCUT2D eigenvalue weighted by atomic mass is 9.99. The van der Waals surface area contributed by atoms with Gasteiger partial charge in [-0.25, -0.2) is 4.39 Å². The Bertz CT molecular complexity index is 538. The lowest BCUT2D eigenvalue weighted by Gasteiger charge is -2.08. The van der Waals surface area contributed by atoms with E-state index in [2.05, 4.69) is 31.2 Å². The second-order valence-corrected chi connectivity index (χ2v) is 4.04. The van der Waals surface area contributed by atoms with E-state index in [0.717, 1.165) is 16.3 Å². The van der Waals surface area contributed by atoms with Crippen LogP contribution in [0.3, 0.4) is 0 Å². The fourth-order valence-electron chi connectivity index (χ4n) is 1.62. The lowest BCUT2D eigenvalue weighted by molar-refractivity contribution is 0.629. The minimum atomic E-state index is -0.189. The summed E-state index contributed by atoms with van der Waals surface area (Å²) in [6.07, 6.45) is 8.17. The van der Waals surface area contributed by atoms with Gasteiger partial charge >= 0.3 is 0 Å². The third-order valence-electron chi connectivity index (χ3n) is 2.38. The third-order valence-corrected chi connectivity index (χ3v) is 2.38. The van der Waals surface area contributed by atoms with E-state index in [4.69, 9.17) is 0 Å². The van der Waals surface area contributed by atoms with Gasteiger partial charge in [0.2, 0.25) is 0 Å². The van der Waals surface area contributed by atoms with Gasteiger partial charge in [0.25, 0.3) is 0 Å². The van der Waals surface area contributed by atoms with Gasteiger partial charge in [0, 0.05) is 17.8 Å². The molecule has 0 aliphatic rings. The average Bonchev–Trinajstić information content (AvgIpc) is 2.41. The Balaban J connectivity index is 0.000000573. The second kappa shape index (κ2) is 9.10. The van der Waals surface area contributed by atoms with Crippen molar-refractivity contribution in [3.8, 4) is 12.3 Å². The summed E-state index contributed by atoms with van der Waals surface area (Å²) in [5.41, 5.74) is 1.10. The quantitative estimate of drug-likeness (QED) is 0.644. The SMILES string of the molecule is C#CC.CC.CC(C)c1cncc2ccc(F)cc12. The van der Waals surface area contributed by atoms with E-state index in [9.17, 15) is 4.39 Å². The molecule has 1 heterocycles. The molecule has 0 radical (unpaired) electrons. The van der Waals surface area contributed by atoms with E-state index < -0.39 is 0 Å². The molecule has 0 aliphatic carbocycles. The summed E-state index contributed by atoms with van der Waals surface area (Å²) in [6.45, 7) is 9.82. The molecule has 2 heteroatoms. The number of rotatable bonds is 1. The predicted octanol–water partition coefficient (Wildman–Crippen LogP) is 5.16. The fraction of sp³-hybridized carbons (Fsp3) is 0.353. The molecule has 1 aromatic heterocycles. The maximum atomic E-state index is 13.1. The van der Waals surface area contributed by atoms with Crippen LogP contribution in [0.1, 0.15) is 46.1 Å². The van der Waals surface area contributed by atoms with Gasteiger partial charge in [0.15, 0.2) is 0 Å². The largest absolute Gasteiger partial charge is 0.264 e. The number of hydrogen-bond donors (Lipinski definition) is 0. The van der Waals surface area contributed by atoms with Gasteiger partial charge < -0.3 is 0 Å². The molecule has 0 amide bonds. The van der Waals surface area contributed by atoms with Gasteiger partial charge in [-0.3, -0.25) is 4.98 Å². The number of nitrogens with zero attached hydrogens (tertiary/aromatic N) is 1. The first kappa shape index (κ1) is 17.1. The summed E-state index contributed by atoms with van der Waals surface area (Å²) >= 11 is 0. The summed E-state index contributed by atoms with van der Waals surface area (Å²) in [6, 6.07) is 4.81. The van der Waals surface area contributed by atoms with Crippen molar-refractivity contribution in [1.82, 2.24) is 4.98 Å². The highest BCUT2D eigenvalue weighted by Crippen LogP contribution is 2.24. The predicted molar refractivity (Wildman–Crippen MR) is 81.6 cm³/mol. The van der Waals surface area contributed by atoms with Crippen molar-refractivity contribution < 1.29 is 4.39 Å². The van der Waals surface area contributed by atoms with E-state index in [0.29, 0.717) is 5.92 Å². The molecule has 102 valence electrons. The van der Waals surface area contributed by atoms with Crippen LogP contribution in [0.4, 0.5) is 4.39 Å². The van der Waals surface area contributed by atoms with Crippen molar-refractivity contribution in [3.63, 3.8) is 0 Å². The maximum absolute atomic E-state index is 13.1. The number of hydrogen-bond acceptors (Lipinski definition) is 1. The highest BCUT2D eigenvalue weighted by Gasteiger charge is 2.05. The molecule has 0 saturated heterocycles. The molecule has 0 fully saturated rings. The second-order valence-electron chi connectivity index (χ2n) is 4.04. The van der Waals surface area contributed by atoms with Gasteiger partial charge in [-0.1, -0.05) is 27.7 Å². The van der Waals surface area contributed by atoms with E-state index in [-0.39, 0.29) is 5.82 Å². The first-order chi connectivity index (χ1) is 9.10. The Kier molecular flexibility index (Phi) is 8.20. The molecule has 0 bridgehead atoms. The number of fused-ring (bicyclic) bond motifs is 1. The molecule has 2 aromatic rings. The normalized spacial score (nSPS) is 8.95. The monoisotopic (exact) mass is 259 g/mol. The molecule has 19 heavy (non-hydrogen) atoms. The Morgan fingerprint density at radius 1 is 1.21 bits per heavy atom. The number of aromatic nitrogens is 1. The molecular weight excluding hydrogens is 237 g/mol. The lowest BCUT2D eigenvalue weighted by Crippen LogP contribution is -1.91. The molecular formula is C17H22FN. The smallest absolute Gasteiger partial charge is 0.123 e. The summed E-state index contributed by atoms with van der Waals surface area (Å²) in [4.78, 5) is 4.14. The van der Waals surface area contributed by atoms with Crippen LogP contribution >= 0.6 is 0 Å². The van der Waals surface area contributed by atoms with Crippen LogP contribution in [0.5, 0.6) is 0 Å². The molecule has 0 spiro atoms. The Hall–Kier alpha value is -1.88. The van der Waals surface area contributed by atoms with Crippen LogP contribution in [-0.4, -0.2) is 4.98 Å². The van der Waals surface area contributed by atoms with Gasteiger partial charge in [-0.05, 0) is 42.0 Å². The van der Waals surface area contributed by atoms with Crippen LogP contribution in [-0.2, 0) is 0 Å². The molecule has 1 aromatic carbocycles. The van der Waals surface area contributed by atoms with Crippen LogP contribution in [0.15, 0.2) is 30.6 Å². The molecule has 0 saturated carbocycles. The highest BCUT2D eigenvalue weighted by molar-refractivity contribution is 5.85. The molecule has 0 unspecified atom stereocenters. The van der Waals surface area contributed by atoms with Gasteiger partial charge in [0.1, 0.15) is 5.82 Å². The number of terminal acetylenes is 1. The summed E-state index contributed by atoms with van der Waals surface area (Å²) in [5, 5.41) is 1.97. The summed E-state index contributed by atoms with van der Waals surface area (Å²) < 4.78 is 13.1. The van der Waals surface area contributed by atoms with E-state index in [1.807, 2.05) is 20.0 Å². The summed E-state index contributed by atoms with van der Waals surface area (Å²) in [7, 11) is 0. The zero-order chi connectivity index (χ0) is 14.8. The highest BCUT2D eigenvalue weighted by atomic mass is 19.1. The minimum Gasteiger partial charge on any atom is -0.264 e. The Labute approximate surface area is 115 Å². The minimum absolute atomic E-state index is 0.189. The standard InChI is InChI=1S/C12H12FN.C3H4.C2H6/c1-8(2)12-7-14-6-9-3-4-10(13)5-11(9)12;1-3-2;1-2/h3-8H,1-2H3;1H,2H3;1-2H3.